The Morgan fingerprint density at radius 2 is 1.32 bits per heavy atom. The minimum absolute atomic E-state index is 0. The van der Waals surface area contributed by atoms with E-state index in [0.717, 1.165) is 12.8 Å². The molecule has 0 aromatic rings. The van der Waals surface area contributed by atoms with Crippen molar-refractivity contribution in [1.29, 1.82) is 0 Å². The normalized spacial score (nSPS) is 11.0. The van der Waals surface area contributed by atoms with Crippen LogP contribution in [-0.4, -0.2) is 75.3 Å². The fraction of sp³-hybridized carbons (Fsp3) is 0.824. The number of aliphatic carboxylic acids is 1. The van der Waals surface area contributed by atoms with E-state index in [1.54, 1.807) is 0 Å². The largest absolute Gasteiger partial charge is 1.00 e. The Kier molecular flexibility index (Phi) is 26.6. The van der Waals surface area contributed by atoms with Crippen LogP contribution in [0.15, 0.2) is 0 Å². The number of nitrogens with two attached hydrogens (primary N) is 1. The zero-order valence-electron chi connectivity index (χ0n) is 15.2. The van der Waals surface area contributed by atoms with Crippen molar-refractivity contribution >= 4 is 69.3 Å². The predicted molar refractivity (Wildman–Crippen MR) is 92.3 cm³/mol. The third-order valence-corrected chi connectivity index (χ3v) is 3.67. The Labute approximate surface area is 216 Å². The van der Waals surface area contributed by atoms with E-state index in [1.807, 2.05) is 0 Å². The molecule has 25 heavy (non-hydrogen) atoms. The van der Waals surface area contributed by atoms with Gasteiger partial charge in [0.05, 0.1) is 5.97 Å². The van der Waals surface area contributed by atoms with Gasteiger partial charge in [-0.15, -0.1) is 0 Å². The molecule has 0 aliphatic carbocycles. The van der Waals surface area contributed by atoms with E-state index < -0.39 is 23.9 Å². The van der Waals surface area contributed by atoms with Crippen molar-refractivity contribution in [2.24, 2.45) is 5.73 Å². The van der Waals surface area contributed by atoms with Crippen molar-refractivity contribution in [3.05, 3.63) is 0 Å². The van der Waals surface area contributed by atoms with Crippen LogP contribution in [0.1, 0.15) is 84.0 Å². The fourth-order valence-corrected chi connectivity index (χ4v) is 2.20. The molecular weight excluding hydrogens is 360 g/mol. The van der Waals surface area contributed by atoms with Crippen LogP contribution in [-0.2, 0) is 19.1 Å². The molecule has 0 unspecified atom stereocenters. The van der Waals surface area contributed by atoms with Crippen molar-refractivity contribution < 1.29 is 53.8 Å². The topological polar surface area (TPSA) is 110 Å². The summed E-state index contributed by atoms with van der Waals surface area (Å²) in [4.78, 5) is 33.1. The van der Waals surface area contributed by atoms with Gasteiger partial charge in [0.1, 0.15) is 0 Å². The third kappa shape index (κ3) is 21.4. The minimum Gasteiger partial charge on any atom is 1.00 e. The first kappa shape index (κ1) is 30.9. The first-order valence-electron chi connectivity index (χ1n) is 8.67. The number of ether oxygens (including phenoxy) is 1. The molecule has 0 radical (unpaired) electrons. The Hall–Kier alpha value is 1.21. The monoisotopic (exact) mass is 391 g/mol. The van der Waals surface area contributed by atoms with Gasteiger partial charge in [-0.2, -0.15) is 0 Å². The predicted octanol–water partition coefficient (Wildman–Crippen LogP) is -1.81. The second-order valence-corrected chi connectivity index (χ2v) is 5.89. The molecule has 0 bridgehead atoms. The molecule has 0 aliphatic rings. The molecule has 1 atom stereocenters. The van der Waals surface area contributed by atoms with E-state index in [-0.39, 0.29) is 100 Å². The Bertz CT molecular complexity index is 369. The number of carboxylic acid groups (broad SMARTS) is 1. The van der Waals surface area contributed by atoms with Crippen LogP contribution in [0.4, 0.5) is 0 Å². The second kappa shape index (κ2) is 21.5. The van der Waals surface area contributed by atoms with Gasteiger partial charge in [-0.1, -0.05) is 58.3 Å². The number of esters is 2. The van der Waals surface area contributed by atoms with E-state index in [2.05, 4.69) is 11.7 Å². The summed E-state index contributed by atoms with van der Waals surface area (Å²) in [6, 6.07) is -1.21. The summed E-state index contributed by atoms with van der Waals surface area (Å²) in [7, 11) is 0. The summed E-state index contributed by atoms with van der Waals surface area (Å²) in [5, 5.41) is 10.4. The summed E-state index contributed by atoms with van der Waals surface area (Å²) < 4.78 is 4.61. The average molecular weight is 392 g/mol. The number of carboxylic acids is 1. The zero-order valence-corrected chi connectivity index (χ0v) is 17.2. The first-order chi connectivity index (χ1) is 11.0. The maximum atomic E-state index is 11.4. The van der Waals surface area contributed by atoms with Crippen LogP contribution >= 0.6 is 0 Å². The van der Waals surface area contributed by atoms with Crippen molar-refractivity contribution in [1.82, 2.24) is 0 Å². The van der Waals surface area contributed by atoms with Crippen molar-refractivity contribution in [2.45, 2.75) is 90.0 Å². The molecule has 0 saturated carbocycles. The van der Waals surface area contributed by atoms with Crippen LogP contribution in [0.3, 0.4) is 0 Å². The quantitative estimate of drug-likeness (QED) is 0.162. The van der Waals surface area contributed by atoms with Gasteiger partial charge in [-0.25, -0.2) is 0 Å². The van der Waals surface area contributed by atoms with Crippen LogP contribution < -0.4 is 40.4 Å². The van der Waals surface area contributed by atoms with Gasteiger partial charge in [0.2, 0.25) is 0 Å². The standard InChI is InChI=1S/C17H31NO5.K.Na.H/c1-2-3-4-5-6-7-8-9-10-11-15(19)23-16(20)13-12-14(18)17(21)22;;;/h14H,2-13,18H2,1H3,(H,21,22);;;/q;;+1;/p-1/t14-;;;/m0.../s1. The molecule has 0 aliphatic heterocycles. The summed E-state index contributed by atoms with van der Waals surface area (Å²) >= 11 is 0. The molecule has 0 heterocycles. The zero-order chi connectivity index (χ0) is 17.5. The maximum Gasteiger partial charge on any atom is 1.00 e. The molecule has 0 aromatic heterocycles. The van der Waals surface area contributed by atoms with Gasteiger partial charge in [0.15, 0.2) is 0 Å². The third-order valence-electron chi connectivity index (χ3n) is 3.67. The van der Waals surface area contributed by atoms with Gasteiger partial charge >= 0.3 is 92.9 Å². The SMILES string of the molecule is CCCCCCCCCCCC(=O)OC(=O)CC[C@H](N)C(=O)[O-].[KH].[Na+]. The number of rotatable bonds is 14. The maximum absolute atomic E-state index is 11.4. The van der Waals surface area contributed by atoms with E-state index in [9.17, 15) is 19.5 Å². The smallest absolute Gasteiger partial charge is 1.00 e. The Balaban J connectivity index is -0.00000242. The van der Waals surface area contributed by atoms with Crippen LogP contribution in [0.2, 0.25) is 0 Å². The average Bonchev–Trinajstić information content (AvgIpc) is 2.50. The number of hydrogen-bond acceptors (Lipinski definition) is 6. The van der Waals surface area contributed by atoms with Crippen molar-refractivity contribution in [3.63, 3.8) is 0 Å². The summed E-state index contributed by atoms with van der Waals surface area (Å²) in [6.45, 7) is 2.20. The molecule has 0 rings (SSSR count). The second-order valence-electron chi connectivity index (χ2n) is 5.89. The van der Waals surface area contributed by atoms with Crippen molar-refractivity contribution in [2.75, 3.05) is 0 Å². The molecule has 0 aromatic carbocycles. The van der Waals surface area contributed by atoms with Gasteiger partial charge in [0.25, 0.3) is 0 Å². The fourth-order valence-electron chi connectivity index (χ4n) is 2.20. The number of unbranched alkanes of at least 4 members (excludes halogenated alkanes) is 8. The molecule has 136 valence electrons. The van der Waals surface area contributed by atoms with E-state index in [4.69, 9.17) is 5.73 Å². The summed E-state index contributed by atoms with van der Waals surface area (Å²) in [5.74, 6) is -2.71. The van der Waals surface area contributed by atoms with Gasteiger partial charge < -0.3 is 20.4 Å². The molecule has 8 heteroatoms. The van der Waals surface area contributed by atoms with E-state index in [1.165, 1.54) is 38.5 Å². The Morgan fingerprint density at radius 3 is 1.80 bits per heavy atom. The Morgan fingerprint density at radius 1 is 0.880 bits per heavy atom. The summed E-state index contributed by atoms with van der Waals surface area (Å²) in [5.41, 5.74) is 5.21. The molecule has 0 amide bonds. The van der Waals surface area contributed by atoms with E-state index >= 15 is 0 Å². The van der Waals surface area contributed by atoms with Gasteiger partial charge in [-0.3, -0.25) is 9.59 Å². The van der Waals surface area contributed by atoms with Crippen molar-refractivity contribution in [3.8, 4) is 0 Å². The van der Waals surface area contributed by atoms with Crippen LogP contribution in [0, 0.1) is 0 Å². The summed E-state index contributed by atoms with van der Waals surface area (Å²) in [6.07, 6.45) is 10.2. The number of carbonyl (C=O) groups excluding carboxylic acids is 3. The molecule has 6 nitrogen and oxygen atoms in total. The van der Waals surface area contributed by atoms with Crippen LogP contribution in [0.25, 0.3) is 0 Å². The first-order valence-corrected chi connectivity index (χ1v) is 8.67. The van der Waals surface area contributed by atoms with Gasteiger partial charge in [0, 0.05) is 18.9 Å². The van der Waals surface area contributed by atoms with Gasteiger partial charge in [-0.05, 0) is 12.8 Å². The number of carbonyl (C=O) groups is 3. The molecular formula is C17H31KNNaO5. The molecule has 2 N–H and O–H groups in total. The van der Waals surface area contributed by atoms with Crippen LogP contribution in [0.5, 0.6) is 0 Å². The minimum atomic E-state index is -1.42. The molecule has 0 fully saturated rings. The molecule has 0 saturated heterocycles. The number of hydrogen-bond donors (Lipinski definition) is 1. The molecule has 0 spiro atoms. The van der Waals surface area contributed by atoms with E-state index in [0.29, 0.717) is 6.42 Å².